The highest BCUT2D eigenvalue weighted by Gasteiger charge is 2.27. The minimum absolute atomic E-state index is 0.161. The number of anilines is 1. The summed E-state index contributed by atoms with van der Waals surface area (Å²) in [6, 6.07) is 7.23. The van der Waals surface area contributed by atoms with Crippen molar-refractivity contribution in [2.45, 2.75) is 12.8 Å². The van der Waals surface area contributed by atoms with Crippen molar-refractivity contribution in [1.82, 2.24) is 4.90 Å². The maximum Gasteiger partial charge on any atom is 0.262 e. The van der Waals surface area contributed by atoms with Crippen LogP contribution in [0, 0.1) is 0 Å². The van der Waals surface area contributed by atoms with Gasteiger partial charge in [0.15, 0.2) is 0 Å². The normalized spacial score (nSPS) is 15.1. The molecule has 1 aliphatic heterocycles. The number of alkyl halides is 1. The van der Waals surface area contributed by atoms with Crippen molar-refractivity contribution >= 4 is 33.4 Å². The molecule has 1 aromatic rings. The predicted molar refractivity (Wildman–Crippen MR) is 74.0 cm³/mol. The van der Waals surface area contributed by atoms with Gasteiger partial charge >= 0.3 is 0 Å². The molecule has 1 N–H and O–H groups in total. The highest BCUT2D eigenvalue weighted by atomic mass is 79.9. The first-order valence-electron chi connectivity index (χ1n) is 5.97. The molecule has 0 spiro atoms. The summed E-state index contributed by atoms with van der Waals surface area (Å²) in [5.74, 6) is -0.360. The van der Waals surface area contributed by atoms with Gasteiger partial charge in [0.2, 0.25) is 5.91 Å². The Balaban J connectivity index is 2.20. The Kier molecular flexibility index (Phi) is 4.36. The third kappa shape index (κ3) is 2.72. The minimum atomic E-state index is -0.199. The maximum atomic E-state index is 12.3. The van der Waals surface area contributed by atoms with Crippen LogP contribution in [0.15, 0.2) is 24.3 Å². The molecule has 0 saturated carbocycles. The van der Waals surface area contributed by atoms with Gasteiger partial charge in [-0.05, 0) is 25.0 Å². The number of fused-ring (bicyclic) bond motifs is 1. The zero-order valence-corrected chi connectivity index (χ0v) is 11.6. The number of rotatable bonds is 4. The summed E-state index contributed by atoms with van der Waals surface area (Å²) in [5.41, 5.74) is 1.31. The molecule has 2 rings (SSSR count). The van der Waals surface area contributed by atoms with Crippen molar-refractivity contribution in [1.29, 1.82) is 0 Å². The van der Waals surface area contributed by atoms with Crippen LogP contribution in [0.4, 0.5) is 5.69 Å². The first kappa shape index (κ1) is 13.1. The molecule has 5 heteroatoms. The van der Waals surface area contributed by atoms with E-state index in [4.69, 9.17) is 0 Å². The fourth-order valence-electron chi connectivity index (χ4n) is 1.94. The van der Waals surface area contributed by atoms with E-state index in [2.05, 4.69) is 21.2 Å². The summed E-state index contributed by atoms with van der Waals surface area (Å²) < 4.78 is 0. The van der Waals surface area contributed by atoms with Crippen molar-refractivity contribution in [2.75, 3.05) is 23.7 Å². The second-order valence-electron chi connectivity index (χ2n) is 4.15. The van der Waals surface area contributed by atoms with E-state index in [1.165, 1.54) is 4.90 Å². The van der Waals surface area contributed by atoms with Crippen LogP contribution in [-0.2, 0) is 4.79 Å². The van der Waals surface area contributed by atoms with E-state index in [0.717, 1.165) is 23.9 Å². The molecule has 96 valence electrons. The van der Waals surface area contributed by atoms with Crippen LogP contribution in [0.1, 0.15) is 23.2 Å². The van der Waals surface area contributed by atoms with Crippen LogP contribution in [0.2, 0.25) is 0 Å². The van der Waals surface area contributed by atoms with Crippen molar-refractivity contribution in [3.05, 3.63) is 29.8 Å². The first-order valence-corrected chi connectivity index (χ1v) is 7.09. The lowest BCUT2D eigenvalue weighted by molar-refractivity contribution is -0.126. The van der Waals surface area contributed by atoms with E-state index in [-0.39, 0.29) is 18.4 Å². The highest BCUT2D eigenvalue weighted by molar-refractivity contribution is 9.09. The summed E-state index contributed by atoms with van der Waals surface area (Å²) in [4.78, 5) is 25.6. The number of halogens is 1. The average Bonchev–Trinajstić information content (AvgIpc) is 2.51. The van der Waals surface area contributed by atoms with E-state index in [9.17, 15) is 9.59 Å². The topological polar surface area (TPSA) is 49.4 Å². The third-order valence-electron chi connectivity index (χ3n) is 2.90. The Hall–Kier alpha value is -1.36. The molecule has 0 aromatic heterocycles. The monoisotopic (exact) mass is 310 g/mol. The number of nitrogens with one attached hydrogen (secondary N) is 1. The minimum Gasteiger partial charge on any atom is -0.375 e. The summed E-state index contributed by atoms with van der Waals surface area (Å²) >= 11 is 3.35. The molecule has 1 aromatic carbocycles. The molecule has 0 fully saturated rings. The van der Waals surface area contributed by atoms with Crippen LogP contribution < -0.4 is 5.32 Å². The van der Waals surface area contributed by atoms with Gasteiger partial charge in [0.25, 0.3) is 5.91 Å². The number of imide groups is 1. The summed E-state index contributed by atoms with van der Waals surface area (Å²) in [7, 11) is 0. The fraction of sp³-hybridized carbons (Fsp3) is 0.385. The first-order chi connectivity index (χ1) is 8.74. The lowest BCUT2D eigenvalue weighted by Gasteiger charge is -2.18. The quantitative estimate of drug-likeness (QED) is 0.527. The Bertz CT molecular complexity index is 462. The van der Waals surface area contributed by atoms with E-state index in [1.54, 1.807) is 6.07 Å². The number of para-hydroxylation sites is 1. The summed E-state index contributed by atoms with van der Waals surface area (Å²) in [6.07, 6.45) is 1.77. The van der Waals surface area contributed by atoms with Crippen LogP contribution in [0.25, 0.3) is 0 Å². The largest absolute Gasteiger partial charge is 0.375 e. The second kappa shape index (κ2) is 6.00. The van der Waals surface area contributed by atoms with Crippen molar-refractivity contribution in [3.8, 4) is 0 Å². The van der Waals surface area contributed by atoms with Gasteiger partial charge < -0.3 is 5.32 Å². The second-order valence-corrected chi connectivity index (χ2v) is 4.94. The van der Waals surface area contributed by atoms with Crippen LogP contribution in [-0.4, -0.2) is 35.1 Å². The molecule has 1 aliphatic rings. The SMILES string of the molecule is O=C1CNc2ccccc2C(=O)N1CCCCBr. The van der Waals surface area contributed by atoms with Gasteiger partial charge in [0.1, 0.15) is 0 Å². The van der Waals surface area contributed by atoms with E-state index in [1.807, 2.05) is 18.2 Å². The van der Waals surface area contributed by atoms with E-state index >= 15 is 0 Å². The van der Waals surface area contributed by atoms with Gasteiger partial charge in [0.05, 0.1) is 12.1 Å². The molecular formula is C13H15BrN2O2. The molecule has 18 heavy (non-hydrogen) atoms. The molecule has 0 atom stereocenters. The number of carbonyl (C=O) groups is 2. The smallest absolute Gasteiger partial charge is 0.262 e. The number of hydrogen-bond donors (Lipinski definition) is 1. The molecule has 0 bridgehead atoms. The van der Waals surface area contributed by atoms with Crippen molar-refractivity contribution in [3.63, 3.8) is 0 Å². The molecular weight excluding hydrogens is 296 g/mol. The van der Waals surface area contributed by atoms with Gasteiger partial charge in [-0.3, -0.25) is 14.5 Å². The number of hydrogen-bond acceptors (Lipinski definition) is 3. The summed E-state index contributed by atoms with van der Waals surface area (Å²) in [6.45, 7) is 0.663. The number of amides is 2. The fourth-order valence-corrected chi connectivity index (χ4v) is 2.34. The zero-order valence-electron chi connectivity index (χ0n) is 9.99. The molecule has 0 radical (unpaired) electrons. The number of carbonyl (C=O) groups excluding carboxylic acids is 2. The Morgan fingerprint density at radius 2 is 2.00 bits per heavy atom. The van der Waals surface area contributed by atoms with Crippen LogP contribution in [0.5, 0.6) is 0 Å². The van der Waals surface area contributed by atoms with E-state index in [0.29, 0.717) is 12.1 Å². The van der Waals surface area contributed by atoms with E-state index < -0.39 is 0 Å². The van der Waals surface area contributed by atoms with Gasteiger partial charge in [-0.15, -0.1) is 0 Å². The third-order valence-corrected chi connectivity index (χ3v) is 3.46. The lowest BCUT2D eigenvalue weighted by atomic mass is 10.1. The molecule has 0 aliphatic carbocycles. The van der Waals surface area contributed by atoms with Crippen LogP contribution >= 0.6 is 15.9 Å². The Morgan fingerprint density at radius 3 is 2.78 bits per heavy atom. The van der Waals surface area contributed by atoms with Crippen molar-refractivity contribution < 1.29 is 9.59 Å². The van der Waals surface area contributed by atoms with Crippen LogP contribution in [0.3, 0.4) is 0 Å². The summed E-state index contributed by atoms with van der Waals surface area (Å²) in [5, 5.41) is 3.89. The number of benzene rings is 1. The molecule has 4 nitrogen and oxygen atoms in total. The van der Waals surface area contributed by atoms with Gasteiger partial charge in [-0.25, -0.2) is 0 Å². The molecule has 0 saturated heterocycles. The van der Waals surface area contributed by atoms with Crippen molar-refractivity contribution in [2.24, 2.45) is 0 Å². The highest BCUT2D eigenvalue weighted by Crippen LogP contribution is 2.20. The number of nitrogens with zero attached hydrogens (tertiary/aromatic N) is 1. The van der Waals surface area contributed by atoms with Gasteiger partial charge in [-0.2, -0.15) is 0 Å². The average molecular weight is 311 g/mol. The lowest BCUT2D eigenvalue weighted by Crippen LogP contribution is -2.38. The standard InChI is InChI=1S/C13H15BrN2O2/c14-7-3-4-8-16-12(17)9-15-11-6-2-1-5-10(11)13(16)18/h1-2,5-6,15H,3-4,7-9H2. The Morgan fingerprint density at radius 1 is 1.22 bits per heavy atom. The predicted octanol–water partition coefficient (Wildman–Crippen LogP) is 2.26. The van der Waals surface area contributed by atoms with Gasteiger partial charge in [-0.1, -0.05) is 28.1 Å². The molecule has 1 heterocycles. The number of unbranched alkanes of at least 4 members (excludes halogenated alkanes) is 1. The molecule has 0 unspecified atom stereocenters. The zero-order chi connectivity index (χ0) is 13.0. The Labute approximate surface area is 114 Å². The maximum absolute atomic E-state index is 12.3. The van der Waals surface area contributed by atoms with Gasteiger partial charge in [0, 0.05) is 17.6 Å². The molecule has 2 amide bonds.